The van der Waals surface area contributed by atoms with Gasteiger partial charge in [-0.05, 0) is 77.0 Å². The molecule has 0 aromatic rings. The number of phosphoric ester groups is 1. The summed E-state index contributed by atoms with van der Waals surface area (Å²) in [6.45, 7) is 4.72. The zero-order valence-electron chi connectivity index (χ0n) is 43.6. The molecule has 0 fully saturated rings. The second kappa shape index (κ2) is 48.2. The Hall–Kier alpha value is -2.84. The largest absolute Gasteiger partial charge is 0.472 e. The summed E-state index contributed by atoms with van der Waals surface area (Å²) in [4.78, 5) is 23.2. The van der Waals surface area contributed by atoms with Gasteiger partial charge < -0.3 is 19.8 Å². The molecule has 0 saturated heterocycles. The van der Waals surface area contributed by atoms with Crippen LogP contribution in [0.4, 0.5) is 0 Å². The highest BCUT2D eigenvalue weighted by atomic mass is 31.2. The lowest BCUT2D eigenvalue weighted by molar-refractivity contribution is -0.870. The number of carbonyl (C=O) groups excluding carboxylic acids is 1. The predicted octanol–water partition coefficient (Wildman–Crippen LogP) is 16.0. The van der Waals surface area contributed by atoms with E-state index in [1.54, 1.807) is 0 Å². The lowest BCUT2D eigenvalue weighted by Gasteiger charge is -2.26. The van der Waals surface area contributed by atoms with Gasteiger partial charge in [0.05, 0.1) is 39.9 Å². The second-order valence-corrected chi connectivity index (χ2v) is 20.3. The number of aliphatic hydroxyl groups excluding tert-OH is 1. The number of carbonyl (C=O) groups is 1. The molecule has 0 aromatic heterocycles. The standard InChI is InChI=1S/C58H101N2O6P/c1-6-8-10-12-14-16-18-20-22-24-25-26-27-28-29-30-31-32-33-34-35-36-38-40-42-44-46-48-50-52-58(62)59-56(55-66-67(63,64)65-54-53-60(3,4)5)57(61)51-49-47-45-43-41-39-37-23-21-19-17-15-13-11-9-7-2/h8,10,14,16,20,22,25-26,28-29,31-32,34-35,38,40,44,46,56-57,61H,6-7,9,11-13,15,17-19,21,23-24,27,30,33,36-37,39,41-43,45,47-55H2,1-5H3,(H-,59,62,63,64)/p+1/b10-8-,16-14-,22-20-,26-25-,29-28-,32-31-,35-34-,40-38-,46-44-. The number of aliphatic hydroxyl groups is 1. The number of unbranched alkanes of at least 4 members (excludes halogenated alkanes) is 16. The maximum atomic E-state index is 12.9. The Balaban J connectivity index is 4.37. The van der Waals surface area contributed by atoms with Crippen LogP contribution in [0.25, 0.3) is 0 Å². The van der Waals surface area contributed by atoms with E-state index in [0.717, 1.165) is 83.5 Å². The van der Waals surface area contributed by atoms with Gasteiger partial charge in [0.15, 0.2) is 0 Å². The summed E-state index contributed by atoms with van der Waals surface area (Å²) in [6, 6.07) is -0.799. The molecule has 3 unspecified atom stereocenters. The van der Waals surface area contributed by atoms with Gasteiger partial charge in [0.2, 0.25) is 5.91 Å². The molecule has 0 aliphatic carbocycles. The Morgan fingerprint density at radius 1 is 0.522 bits per heavy atom. The van der Waals surface area contributed by atoms with Crippen LogP contribution in [0.2, 0.25) is 0 Å². The topological polar surface area (TPSA) is 105 Å². The van der Waals surface area contributed by atoms with Crippen LogP contribution in [-0.4, -0.2) is 73.4 Å². The van der Waals surface area contributed by atoms with E-state index in [9.17, 15) is 19.4 Å². The van der Waals surface area contributed by atoms with E-state index in [2.05, 4.69) is 129 Å². The lowest BCUT2D eigenvalue weighted by atomic mass is 10.0. The molecular formula is C58H102N2O6P+. The van der Waals surface area contributed by atoms with E-state index >= 15 is 0 Å². The molecule has 0 aliphatic heterocycles. The van der Waals surface area contributed by atoms with Crippen molar-refractivity contribution in [2.24, 2.45) is 0 Å². The first-order valence-electron chi connectivity index (χ1n) is 26.8. The molecule has 0 saturated carbocycles. The number of hydrogen-bond donors (Lipinski definition) is 3. The lowest BCUT2D eigenvalue weighted by Crippen LogP contribution is -2.46. The number of hydrogen-bond acceptors (Lipinski definition) is 5. The van der Waals surface area contributed by atoms with Gasteiger partial charge in [-0.2, -0.15) is 0 Å². The van der Waals surface area contributed by atoms with Crippen LogP contribution in [0.15, 0.2) is 109 Å². The van der Waals surface area contributed by atoms with Gasteiger partial charge in [0.1, 0.15) is 13.2 Å². The van der Waals surface area contributed by atoms with E-state index in [1.165, 1.54) is 83.5 Å². The fraction of sp³-hybridized carbons (Fsp3) is 0.672. The van der Waals surface area contributed by atoms with E-state index in [4.69, 9.17) is 9.05 Å². The molecule has 1 amide bonds. The smallest absolute Gasteiger partial charge is 0.391 e. The second-order valence-electron chi connectivity index (χ2n) is 18.9. The van der Waals surface area contributed by atoms with Gasteiger partial charge in [-0.15, -0.1) is 0 Å². The Bertz CT molecular complexity index is 1450. The number of amides is 1. The predicted molar refractivity (Wildman–Crippen MR) is 290 cm³/mol. The van der Waals surface area contributed by atoms with Crippen molar-refractivity contribution in [2.45, 2.75) is 212 Å². The number of likely N-dealkylation sites (N-methyl/N-ethyl adjacent to an activating group) is 1. The minimum absolute atomic E-state index is 0.0577. The summed E-state index contributed by atoms with van der Waals surface area (Å²) in [5.74, 6) is -0.206. The van der Waals surface area contributed by atoms with Crippen molar-refractivity contribution in [3.63, 3.8) is 0 Å². The quantitative estimate of drug-likeness (QED) is 0.0243. The molecule has 0 aliphatic rings. The first-order chi connectivity index (χ1) is 32.5. The Labute approximate surface area is 412 Å². The van der Waals surface area contributed by atoms with Gasteiger partial charge in [-0.25, -0.2) is 4.57 Å². The van der Waals surface area contributed by atoms with E-state index in [-0.39, 0.29) is 19.1 Å². The maximum absolute atomic E-state index is 12.9. The van der Waals surface area contributed by atoms with Crippen LogP contribution in [0.5, 0.6) is 0 Å². The third-order valence-corrected chi connectivity index (χ3v) is 12.3. The first kappa shape index (κ1) is 64.2. The van der Waals surface area contributed by atoms with E-state index in [1.807, 2.05) is 21.1 Å². The van der Waals surface area contributed by atoms with Gasteiger partial charge >= 0.3 is 7.82 Å². The van der Waals surface area contributed by atoms with Gasteiger partial charge in [0.25, 0.3) is 0 Å². The number of nitrogens with zero attached hydrogens (tertiary/aromatic N) is 1. The van der Waals surface area contributed by atoms with Crippen LogP contribution >= 0.6 is 7.82 Å². The third kappa shape index (κ3) is 50.9. The molecule has 0 spiro atoms. The first-order valence-corrected chi connectivity index (χ1v) is 28.2. The SMILES string of the molecule is CC/C=C\C/C=C\C/C=C\C/C=C\C/C=C\C/C=C\C/C=C\C/C=C\C/C=C\CCCC(=O)NC(COP(=O)(O)OCC[N+](C)(C)C)C(O)CCCCCCCCCCCCCCCCCC. The average Bonchev–Trinajstić information content (AvgIpc) is 3.29. The molecule has 0 radical (unpaired) electrons. The minimum atomic E-state index is -4.34. The van der Waals surface area contributed by atoms with Crippen LogP contribution in [0.1, 0.15) is 200 Å². The molecule has 0 rings (SSSR count). The molecule has 3 N–H and O–H groups in total. The van der Waals surface area contributed by atoms with Crippen LogP contribution in [0, 0.1) is 0 Å². The highest BCUT2D eigenvalue weighted by molar-refractivity contribution is 7.47. The molecular weight excluding hydrogens is 852 g/mol. The molecule has 67 heavy (non-hydrogen) atoms. The van der Waals surface area contributed by atoms with Crippen molar-refractivity contribution in [1.82, 2.24) is 5.32 Å². The summed E-state index contributed by atoms with van der Waals surface area (Å²) >= 11 is 0. The van der Waals surface area contributed by atoms with E-state index in [0.29, 0.717) is 30.3 Å². The normalized spacial score (nSPS) is 14.9. The summed E-state index contributed by atoms with van der Waals surface area (Å²) in [5, 5.41) is 14.0. The Morgan fingerprint density at radius 2 is 0.881 bits per heavy atom. The van der Waals surface area contributed by atoms with Gasteiger partial charge in [-0.1, -0.05) is 226 Å². The Kier molecular flexibility index (Phi) is 46.2. The van der Waals surface area contributed by atoms with Crippen molar-refractivity contribution in [2.75, 3.05) is 40.9 Å². The van der Waals surface area contributed by atoms with Crippen LogP contribution in [-0.2, 0) is 18.4 Å². The molecule has 9 heteroatoms. The zero-order valence-corrected chi connectivity index (χ0v) is 44.5. The van der Waals surface area contributed by atoms with Crippen molar-refractivity contribution in [3.05, 3.63) is 109 Å². The summed E-state index contributed by atoms with van der Waals surface area (Å²) in [6.07, 6.45) is 70.0. The maximum Gasteiger partial charge on any atom is 0.472 e. The van der Waals surface area contributed by atoms with Crippen molar-refractivity contribution < 1.29 is 32.9 Å². The number of quaternary nitrogens is 1. The highest BCUT2D eigenvalue weighted by Crippen LogP contribution is 2.43. The highest BCUT2D eigenvalue weighted by Gasteiger charge is 2.28. The minimum Gasteiger partial charge on any atom is -0.391 e. The van der Waals surface area contributed by atoms with Crippen LogP contribution < -0.4 is 5.32 Å². The third-order valence-electron chi connectivity index (χ3n) is 11.3. The monoisotopic (exact) mass is 954 g/mol. The average molecular weight is 954 g/mol. The number of allylic oxidation sites excluding steroid dienone is 18. The fourth-order valence-corrected chi connectivity index (χ4v) is 7.84. The van der Waals surface area contributed by atoms with Crippen molar-refractivity contribution in [3.8, 4) is 0 Å². The fourth-order valence-electron chi connectivity index (χ4n) is 7.11. The molecule has 0 heterocycles. The van der Waals surface area contributed by atoms with Crippen molar-refractivity contribution >= 4 is 13.7 Å². The summed E-state index contributed by atoms with van der Waals surface area (Å²) in [7, 11) is 1.56. The Morgan fingerprint density at radius 3 is 1.25 bits per heavy atom. The molecule has 0 aromatic carbocycles. The molecule has 8 nitrogen and oxygen atoms in total. The van der Waals surface area contributed by atoms with Gasteiger partial charge in [-0.3, -0.25) is 13.8 Å². The molecule has 0 bridgehead atoms. The molecule has 3 atom stereocenters. The van der Waals surface area contributed by atoms with E-state index < -0.39 is 20.0 Å². The van der Waals surface area contributed by atoms with Crippen LogP contribution in [0.3, 0.4) is 0 Å². The number of nitrogens with one attached hydrogen (secondary N) is 1. The number of phosphoric acid groups is 1. The van der Waals surface area contributed by atoms with Crippen molar-refractivity contribution in [1.29, 1.82) is 0 Å². The molecule has 384 valence electrons. The number of rotatable bonds is 47. The summed E-state index contributed by atoms with van der Waals surface area (Å²) in [5.41, 5.74) is 0. The summed E-state index contributed by atoms with van der Waals surface area (Å²) < 4.78 is 23.7. The van der Waals surface area contributed by atoms with Gasteiger partial charge in [0, 0.05) is 6.42 Å². The zero-order chi connectivity index (χ0) is 49.2.